The van der Waals surface area contributed by atoms with Crippen molar-refractivity contribution in [3.05, 3.63) is 65.5 Å². The summed E-state index contributed by atoms with van der Waals surface area (Å²) in [6.07, 6.45) is 3.94. The molecule has 0 spiro atoms. The van der Waals surface area contributed by atoms with Crippen molar-refractivity contribution >= 4 is 27.2 Å². The minimum Gasteiger partial charge on any atom is -0.291 e. The summed E-state index contributed by atoms with van der Waals surface area (Å²) in [4.78, 5) is 16.3. The van der Waals surface area contributed by atoms with Gasteiger partial charge in [0.05, 0.1) is 9.64 Å². The first-order valence-electron chi connectivity index (χ1n) is 10.3. The number of alkyl halides is 1. The smallest absolute Gasteiger partial charge is 0.199 e. The summed E-state index contributed by atoms with van der Waals surface area (Å²) < 4.78 is 55.2. The van der Waals surface area contributed by atoms with Crippen LogP contribution in [0.3, 0.4) is 0 Å². The van der Waals surface area contributed by atoms with E-state index in [2.05, 4.69) is 15.2 Å². The Hall–Kier alpha value is -2.39. The lowest BCUT2D eigenvalue weighted by molar-refractivity contribution is 0.0927. The number of benzene rings is 1. The van der Waals surface area contributed by atoms with Crippen molar-refractivity contribution in [1.29, 1.82) is 0 Å². The standard InChI is InChI=1S/C22H22ClF2N3O3S/c23-15-1-4-17(5-2-15)32(30,31)22(18-12-16(24)3-6-19(18)25)9-7-14(8-10-22)11-20(29)21-26-13-27-28-21/h1-6,12-14,18-19H,7-11H2,(H,26,27,28)/t14-,18-,19?,22+/m1/s1. The number of halogens is 3. The van der Waals surface area contributed by atoms with Gasteiger partial charge in [-0.1, -0.05) is 11.6 Å². The molecule has 1 fully saturated rings. The molecule has 1 heterocycles. The second kappa shape index (κ2) is 8.86. The Bertz CT molecular complexity index is 1140. The molecule has 1 saturated carbocycles. The van der Waals surface area contributed by atoms with E-state index in [1.807, 2.05) is 0 Å². The molecule has 0 amide bonds. The van der Waals surface area contributed by atoms with Gasteiger partial charge in [-0.25, -0.2) is 22.2 Å². The third-order valence-electron chi connectivity index (χ3n) is 6.49. The van der Waals surface area contributed by atoms with Gasteiger partial charge in [-0.2, -0.15) is 5.10 Å². The van der Waals surface area contributed by atoms with E-state index in [4.69, 9.17) is 11.6 Å². The number of aromatic nitrogens is 3. The maximum Gasteiger partial charge on any atom is 0.199 e. The number of hydrogen-bond acceptors (Lipinski definition) is 5. The van der Waals surface area contributed by atoms with Gasteiger partial charge in [0.25, 0.3) is 0 Å². The number of ketones is 1. The van der Waals surface area contributed by atoms with E-state index in [-0.39, 0.29) is 41.7 Å². The second-order valence-electron chi connectivity index (χ2n) is 8.31. The molecule has 32 heavy (non-hydrogen) atoms. The molecule has 0 saturated heterocycles. The average Bonchev–Trinajstić information content (AvgIpc) is 3.31. The van der Waals surface area contributed by atoms with Gasteiger partial charge in [0, 0.05) is 17.4 Å². The highest BCUT2D eigenvalue weighted by molar-refractivity contribution is 7.92. The van der Waals surface area contributed by atoms with Crippen LogP contribution in [0.2, 0.25) is 5.02 Å². The zero-order chi connectivity index (χ0) is 22.9. The van der Waals surface area contributed by atoms with E-state index in [1.165, 1.54) is 30.6 Å². The van der Waals surface area contributed by atoms with E-state index in [0.717, 1.165) is 18.2 Å². The number of aromatic amines is 1. The van der Waals surface area contributed by atoms with Crippen LogP contribution in [0.5, 0.6) is 0 Å². The van der Waals surface area contributed by atoms with Crippen LogP contribution < -0.4 is 0 Å². The molecular weight excluding hydrogens is 460 g/mol. The van der Waals surface area contributed by atoms with E-state index < -0.39 is 32.5 Å². The molecule has 2 aliphatic carbocycles. The number of carbonyl (C=O) groups is 1. The zero-order valence-electron chi connectivity index (χ0n) is 17.0. The quantitative estimate of drug-likeness (QED) is 0.597. The van der Waals surface area contributed by atoms with Crippen molar-refractivity contribution in [2.24, 2.45) is 11.8 Å². The molecule has 2 aromatic rings. The Balaban J connectivity index is 1.65. The van der Waals surface area contributed by atoms with Crippen molar-refractivity contribution in [2.75, 3.05) is 0 Å². The maximum absolute atomic E-state index is 15.0. The van der Waals surface area contributed by atoms with Gasteiger partial charge in [-0.05, 0) is 74.1 Å². The largest absolute Gasteiger partial charge is 0.291 e. The van der Waals surface area contributed by atoms with Crippen molar-refractivity contribution in [1.82, 2.24) is 15.2 Å². The molecule has 10 heteroatoms. The topological polar surface area (TPSA) is 92.8 Å². The van der Waals surface area contributed by atoms with Gasteiger partial charge in [0.15, 0.2) is 21.4 Å². The summed E-state index contributed by atoms with van der Waals surface area (Å²) in [6, 6.07) is 5.72. The van der Waals surface area contributed by atoms with Crippen LogP contribution in [0.4, 0.5) is 8.78 Å². The summed E-state index contributed by atoms with van der Waals surface area (Å²) in [7, 11) is -4.05. The number of carbonyl (C=O) groups excluding carboxylic acids is 1. The molecule has 2 aliphatic rings. The lowest BCUT2D eigenvalue weighted by Crippen LogP contribution is -2.51. The third-order valence-corrected chi connectivity index (χ3v) is 9.39. The minimum atomic E-state index is -4.05. The number of nitrogens with zero attached hydrogens (tertiary/aromatic N) is 2. The van der Waals surface area contributed by atoms with E-state index in [0.29, 0.717) is 17.9 Å². The molecule has 1 N–H and O–H groups in total. The average molecular weight is 482 g/mol. The fraction of sp³-hybridized carbons (Fsp3) is 0.409. The van der Waals surface area contributed by atoms with Crippen molar-refractivity contribution in [3.63, 3.8) is 0 Å². The predicted octanol–water partition coefficient (Wildman–Crippen LogP) is 4.81. The zero-order valence-corrected chi connectivity index (χ0v) is 18.6. The fourth-order valence-corrected chi connectivity index (χ4v) is 7.18. The van der Waals surface area contributed by atoms with Crippen LogP contribution >= 0.6 is 11.6 Å². The van der Waals surface area contributed by atoms with Crippen LogP contribution in [-0.4, -0.2) is 40.3 Å². The van der Waals surface area contributed by atoms with Gasteiger partial charge in [0.1, 0.15) is 18.3 Å². The summed E-state index contributed by atoms with van der Waals surface area (Å²) in [5.41, 5.74) is 0. The first-order chi connectivity index (χ1) is 15.2. The lowest BCUT2D eigenvalue weighted by atomic mass is 9.71. The monoisotopic (exact) mass is 481 g/mol. The van der Waals surface area contributed by atoms with Crippen molar-refractivity contribution in [2.45, 2.75) is 47.9 Å². The number of rotatable bonds is 6. The van der Waals surface area contributed by atoms with Crippen LogP contribution in [0.15, 0.2) is 59.5 Å². The Morgan fingerprint density at radius 3 is 2.53 bits per heavy atom. The number of sulfone groups is 1. The SMILES string of the molecule is O=C(C[C@H]1CC[C@@]([C@@H]2C=C(F)C=CC2F)(S(=O)(=O)c2ccc(Cl)cc2)CC1)c1ncn[nH]1. The molecule has 4 rings (SSSR count). The maximum atomic E-state index is 15.0. The summed E-state index contributed by atoms with van der Waals surface area (Å²) >= 11 is 5.92. The molecule has 1 aromatic heterocycles. The van der Waals surface area contributed by atoms with E-state index in [1.54, 1.807) is 0 Å². The van der Waals surface area contributed by atoms with Gasteiger partial charge in [0.2, 0.25) is 0 Å². The Morgan fingerprint density at radius 2 is 1.91 bits per heavy atom. The number of nitrogens with one attached hydrogen (secondary N) is 1. The molecule has 0 bridgehead atoms. The predicted molar refractivity (Wildman–Crippen MR) is 115 cm³/mol. The first kappa shape index (κ1) is 22.8. The van der Waals surface area contributed by atoms with Gasteiger partial charge in [-0.15, -0.1) is 0 Å². The second-order valence-corrected chi connectivity index (χ2v) is 11.0. The summed E-state index contributed by atoms with van der Waals surface area (Å²) in [6.45, 7) is 0. The Labute approximate surface area is 189 Å². The Kier molecular flexibility index (Phi) is 6.31. The summed E-state index contributed by atoms with van der Waals surface area (Å²) in [5.74, 6) is -1.97. The van der Waals surface area contributed by atoms with Gasteiger partial charge in [-0.3, -0.25) is 9.89 Å². The Morgan fingerprint density at radius 1 is 1.22 bits per heavy atom. The van der Waals surface area contributed by atoms with Crippen LogP contribution in [0.25, 0.3) is 0 Å². The molecule has 1 aromatic carbocycles. The molecular formula is C22H22ClF2N3O3S. The first-order valence-corrected chi connectivity index (χ1v) is 12.2. The molecule has 2 atom stereocenters. The molecule has 1 unspecified atom stereocenters. The lowest BCUT2D eigenvalue weighted by Gasteiger charge is -2.45. The number of hydrogen-bond donors (Lipinski definition) is 1. The number of allylic oxidation sites excluding steroid dienone is 4. The molecule has 0 radical (unpaired) electrons. The van der Waals surface area contributed by atoms with E-state index >= 15 is 0 Å². The van der Waals surface area contributed by atoms with Crippen LogP contribution in [0, 0.1) is 11.8 Å². The fourth-order valence-electron chi connectivity index (χ4n) is 4.76. The highest BCUT2D eigenvalue weighted by Gasteiger charge is 2.54. The molecule has 170 valence electrons. The third kappa shape index (κ3) is 4.15. The molecule has 0 aliphatic heterocycles. The van der Waals surface area contributed by atoms with Crippen LogP contribution in [-0.2, 0) is 9.84 Å². The van der Waals surface area contributed by atoms with Gasteiger partial charge >= 0.3 is 0 Å². The van der Waals surface area contributed by atoms with Crippen molar-refractivity contribution < 1.29 is 22.0 Å². The van der Waals surface area contributed by atoms with E-state index in [9.17, 15) is 22.0 Å². The summed E-state index contributed by atoms with van der Waals surface area (Å²) in [5, 5.41) is 6.58. The number of Topliss-reactive ketones (excluding diaryl/α,β-unsaturated/α-hetero) is 1. The molecule has 6 nitrogen and oxygen atoms in total. The minimum absolute atomic E-state index is 0.0219. The van der Waals surface area contributed by atoms with Crippen LogP contribution in [0.1, 0.15) is 42.7 Å². The normalized spacial score (nSPS) is 28.3. The highest BCUT2D eigenvalue weighted by Crippen LogP contribution is 2.50. The van der Waals surface area contributed by atoms with Gasteiger partial charge < -0.3 is 0 Å². The highest BCUT2D eigenvalue weighted by atomic mass is 35.5. The number of H-pyrrole nitrogens is 1. The van der Waals surface area contributed by atoms with Crippen molar-refractivity contribution in [3.8, 4) is 0 Å².